The summed E-state index contributed by atoms with van der Waals surface area (Å²) in [5, 5.41) is 0.879. The number of benzene rings is 2. The molecular formula is C23H24FN3O3. The highest BCUT2D eigenvalue weighted by molar-refractivity contribution is 6.07. The number of fused-ring (bicyclic) bond motifs is 1. The number of hydrogen-bond donors (Lipinski definition) is 0. The number of ether oxygens (including phenoxy) is 1. The third-order valence-corrected chi connectivity index (χ3v) is 5.54. The minimum Gasteiger partial charge on any atom is -0.378 e. The zero-order valence-electron chi connectivity index (χ0n) is 17.1. The minimum atomic E-state index is -0.552. The molecule has 156 valence electrons. The van der Waals surface area contributed by atoms with Gasteiger partial charge in [0.15, 0.2) is 0 Å². The van der Waals surface area contributed by atoms with Crippen molar-refractivity contribution >= 4 is 28.2 Å². The van der Waals surface area contributed by atoms with Gasteiger partial charge in [0.25, 0.3) is 11.5 Å². The van der Waals surface area contributed by atoms with Gasteiger partial charge in [0.05, 0.1) is 30.0 Å². The third-order valence-electron chi connectivity index (χ3n) is 5.54. The van der Waals surface area contributed by atoms with E-state index in [1.54, 1.807) is 35.9 Å². The molecule has 0 unspecified atom stereocenters. The van der Waals surface area contributed by atoms with Gasteiger partial charge in [-0.2, -0.15) is 0 Å². The van der Waals surface area contributed by atoms with Crippen molar-refractivity contribution in [2.75, 3.05) is 43.2 Å². The lowest BCUT2D eigenvalue weighted by Crippen LogP contribution is -2.37. The molecule has 2 aromatic carbocycles. The van der Waals surface area contributed by atoms with Crippen molar-refractivity contribution in [1.29, 1.82) is 0 Å². The first-order valence-corrected chi connectivity index (χ1v) is 10.0. The summed E-state index contributed by atoms with van der Waals surface area (Å²) in [7, 11) is 1.63. The van der Waals surface area contributed by atoms with E-state index in [0.29, 0.717) is 38.5 Å². The number of nitrogens with zero attached hydrogens (tertiary/aromatic N) is 3. The van der Waals surface area contributed by atoms with Gasteiger partial charge in [0.1, 0.15) is 5.82 Å². The van der Waals surface area contributed by atoms with E-state index in [1.807, 2.05) is 19.1 Å². The molecule has 1 aliphatic heterocycles. The summed E-state index contributed by atoms with van der Waals surface area (Å²) < 4.78 is 21.3. The molecule has 3 aromatic rings. The molecule has 30 heavy (non-hydrogen) atoms. The van der Waals surface area contributed by atoms with Crippen LogP contribution >= 0.6 is 0 Å². The lowest BCUT2D eigenvalue weighted by atomic mass is 10.1. The second kappa shape index (κ2) is 8.28. The third kappa shape index (κ3) is 3.57. The first-order chi connectivity index (χ1) is 14.5. The number of pyridine rings is 1. The molecule has 0 aliphatic carbocycles. The van der Waals surface area contributed by atoms with E-state index in [1.165, 1.54) is 17.0 Å². The second-order valence-corrected chi connectivity index (χ2v) is 7.26. The molecule has 0 spiro atoms. The van der Waals surface area contributed by atoms with Gasteiger partial charge in [-0.3, -0.25) is 9.59 Å². The smallest absolute Gasteiger partial charge is 0.260 e. The van der Waals surface area contributed by atoms with Gasteiger partial charge in [0.2, 0.25) is 0 Å². The Hall–Kier alpha value is -3.19. The summed E-state index contributed by atoms with van der Waals surface area (Å²) >= 11 is 0. The highest BCUT2D eigenvalue weighted by Crippen LogP contribution is 2.30. The number of rotatable bonds is 4. The van der Waals surface area contributed by atoms with Crippen LogP contribution in [-0.4, -0.2) is 43.8 Å². The van der Waals surface area contributed by atoms with Gasteiger partial charge in [-0.15, -0.1) is 0 Å². The fourth-order valence-electron chi connectivity index (χ4n) is 3.89. The number of aryl methyl sites for hydroxylation is 1. The Labute approximate surface area is 174 Å². The van der Waals surface area contributed by atoms with Crippen molar-refractivity contribution in [2.45, 2.75) is 13.5 Å². The largest absolute Gasteiger partial charge is 0.378 e. The van der Waals surface area contributed by atoms with E-state index in [9.17, 15) is 14.0 Å². The Kier molecular flexibility index (Phi) is 5.55. The van der Waals surface area contributed by atoms with Crippen LogP contribution in [0.15, 0.2) is 53.3 Å². The molecule has 4 rings (SSSR count). The summed E-state index contributed by atoms with van der Waals surface area (Å²) in [4.78, 5) is 29.1. The van der Waals surface area contributed by atoms with Crippen LogP contribution in [0.3, 0.4) is 0 Å². The number of carbonyl (C=O) groups excluding carboxylic acids is 1. The van der Waals surface area contributed by atoms with E-state index >= 15 is 0 Å². The highest BCUT2D eigenvalue weighted by Gasteiger charge is 2.20. The molecule has 1 saturated heterocycles. The van der Waals surface area contributed by atoms with Gasteiger partial charge in [-0.1, -0.05) is 12.1 Å². The van der Waals surface area contributed by atoms with E-state index in [2.05, 4.69) is 4.90 Å². The van der Waals surface area contributed by atoms with Crippen molar-refractivity contribution in [1.82, 2.24) is 4.57 Å². The first kappa shape index (κ1) is 20.1. The first-order valence-electron chi connectivity index (χ1n) is 10.0. The molecule has 1 aromatic heterocycles. The number of carbonyl (C=O) groups is 1. The van der Waals surface area contributed by atoms with Crippen molar-refractivity contribution in [2.24, 2.45) is 0 Å². The fourth-order valence-corrected chi connectivity index (χ4v) is 3.89. The molecule has 2 heterocycles. The van der Waals surface area contributed by atoms with Gasteiger partial charge in [-0.05, 0) is 37.3 Å². The number of halogens is 1. The fraction of sp³-hybridized carbons (Fsp3) is 0.304. The van der Waals surface area contributed by atoms with Crippen LogP contribution in [0.25, 0.3) is 10.9 Å². The van der Waals surface area contributed by atoms with E-state index < -0.39 is 11.7 Å². The number of hydrogen-bond acceptors (Lipinski definition) is 4. The summed E-state index contributed by atoms with van der Waals surface area (Å²) in [6, 6.07) is 13.1. The molecule has 0 saturated carbocycles. The lowest BCUT2D eigenvalue weighted by Gasteiger charge is -2.30. The maximum absolute atomic E-state index is 14.1. The number of anilines is 2. The second-order valence-electron chi connectivity index (χ2n) is 7.26. The van der Waals surface area contributed by atoms with E-state index in [0.717, 1.165) is 16.6 Å². The SMILES string of the molecule is CCn1c(=O)cc(N2CCOCC2)c2cc(N(C)C(=O)c3ccccc3F)ccc21. The molecule has 1 fully saturated rings. The van der Waals surface area contributed by atoms with Crippen LogP contribution < -0.4 is 15.4 Å². The Morgan fingerprint density at radius 2 is 1.87 bits per heavy atom. The Balaban J connectivity index is 1.82. The van der Waals surface area contributed by atoms with Gasteiger partial charge >= 0.3 is 0 Å². The zero-order chi connectivity index (χ0) is 21.3. The molecule has 7 heteroatoms. The molecule has 1 amide bonds. The predicted octanol–water partition coefficient (Wildman–Crippen LogP) is 3.27. The number of aromatic nitrogens is 1. The van der Waals surface area contributed by atoms with Crippen LogP contribution in [0.4, 0.5) is 15.8 Å². The Bertz CT molecular complexity index is 1150. The molecule has 1 aliphatic rings. The summed E-state index contributed by atoms with van der Waals surface area (Å²) in [5.41, 5.74) is 2.23. The van der Waals surface area contributed by atoms with Crippen LogP contribution in [0.5, 0.6) is 0 Å². The quantitative estimate of drug-likeness (QED) is 0.664. The predicted molar refractivity (Wildman–Crippen MR) is 116 cm³/mol. The number of amides is 1. The molecule has 0 radical (unpaired) electrons. The van der Waals surface area contributed by atoms with Crippen LogP contribution in [-0.2, 0) is 11.3 Å². The lowest BCUT2D eigenvalue weighted by molar-refractivity contribution is 0.0989. The maximum Gasteiger partial charge on any atom is 0.260 e. The molecule has 0 bridgehead atoms. The molecule has 0 atom stereocenters. The topological polar surface area (TPSA) is 54.8 Å². The summed E-state index contributed by atoms with van der Waals surface area (Å²) in [5.74, 6) is -0.979. The summed E-state index contributed by atoms with van der Waals surface area (Å²) in [6.45, 7) is 5.06. The van der Waals surface area contributed by atoms with Gasteiger partial charge < -0.3 is 19.1 Å². The van der Waals surface area contributed by atoms with Crippen molar-refractivity contribution in [3.8, 4) is 0 Å². The minimum absolute atomic E-state index is 0.0204. The van der Waals surface area contributed by atoms with Crippen molar-refractivity contribution < 1.29 is 13.9 Å². The van der Waals surface area contributed by atoms with E-state index in [-0.39, 0.29) is 11.1 Å². The summed E-state index contributed by atoms with van der Waals surface area (Å²) in [6.07, 6.45) is 0. The standard InChI is InChI=1S/C23H24FN3O3/c1-3-27-20-9-8-16(25(2)23(29)17-6-4-5-7-19(17)24)14-18(20)21(15-22(27)28)26-10-12-30-13-11-26/h4-9,14-15H,3,10-13H2,1-2H3. The average molecular weight is 409 g/mol. The monoisotopic (exact) mass is 409 g/mol. The average Bonchev–Trinajstić information content (AvgIpc) is 2.78. The number of morpholine rings is 1. The van der Waals surface area contributed by atoms with Gasteiger partial charge in [0, 0.05) is 43.8 Å². The van der Waals surface area contributed by atoms with Crippen LogP contribution in [0.2, 0.25) is 0 Å². The van der Waals surface area contributed by atoms with E-state index in [4.69, 9.17) is 4.74 Å². The normalized spacial score (nSPS) is 14.2. The highest BCUT2D eigenvalue weighted by atomic mass is 19.1. The van der Waals surface area contributed by atoms with Crippen LogP contribution in [0, 0.1) is 5.82 Å². The van der Waals surface area contributed by atoms with Crippen molar-refractivity contribution in [3.05, 3.63) is 70.3 Å². The molecule has 6 nitrogen and oxygen atoms in total. The van der Waals surface area contributed by atoms with Crippen LogP contribution in [0.1, 0.15) is 17.3 Å². The Morgan fingerprint density at radius 3 is 2.57 bits per heavy atom. The van der Waals surface area contributed by atoms with Gasteiger partial charge in [-0.25, -0.2) is 4.39 Å². The van der Waals surface area contributed by atoms with Crippen molar-refractivity contribution in [3.63, 3.8) is 0 Å². The molecular weight excluding hydrogens is 385 g/mol. The maximum atomic E-state index is 14.1. The zero-order valence-corrected chi connectivity index (χ0v) is 17.1. The molecule has 0 N–H and O–H groups in total. The Morgan fingerprint density at radius 1 is 1.13 bits per heavy atom.